The lowest BCUT2D eigenvalue weighted by atomic mass is 9.55. The van der Waals surface area contributed by atoms with Gasteiger partial charge in [0.1, 0.15) is 24.0 Å². The van der Waals surface area contributed by atoms with E-state index in [1.807, 2.05) is 31.2 Å². The molecule has 0 bridgehead atoms. The molecule has 0 N–H and O–H groups in total. The lowest BCUT2D eigenvalue weighted by Crippen LogP contribution is -2.46. The molecule has 11 aliphatic rings. The van der Waals surface area contributed by atoms with E-state index in [0.29, 0.717) is 78.2 Å². The van der Waals surface area contributed by atoms with Gasteiger partial charge in [-0.3, -0.25) is 0 Å². The highest BCUT2D eigenvalue weighted by molar-refractivity contribution is 5.91. The summed E-state index contributed by atoms with van der Waals surface area (Å²) >= 11 is 0. The van der Waals surface area contributed by atoms with Crippen LogP contribution in [0.3, 0.4) is 0 Å². The minimum atomic E-state index is -0.303. The van der Waals surface area contributed by atoms with Crippen LogP contribution < -0.4 is 14.2 Å². The van der Waals surface area contributed by atoms with Crippen molar-refractivity contribution in [2.45, 2.75) is 218 Å². The fourth-order valence-corrected chi connectivity index (χ4v) is 19.4. The Morgan fingerprint density at radius 3 is 1.61 bits per heavy atom. The Hall–Kier alpha value is -5.15. The molecule has 0 spiro atoms. The number of unbranched alkanes of at least 4 members (excludes halogenated alkanes) is 1. The van der Waals surface area contributed by atoms with Crippen LogP contribution in [0.4, 0.5) is 0 Å². The van der Waals surface area contributed by atoms with Gasteiger partial charge in [-0.15, -0.1) is 0 Å². The molecule has 0 aromatic heterocycles. The van der Waals surface area contributed by atoms with E-state index < -0.39 is 0 Å². The van der Waals surface area contributed by atoms with E-state index in [1.165, 1.54) is 92.0 Å². The molecule has 18 atom stereocenters. The summed E-state index contributed by atoms with van der Waals surface area (Å²) in [5, 5.41) is 0. The molecule has 3 saturated carbocycles. The first kappa shape index (κ1) is 66.5. The summed E-state index contributed by atoms with van der Waals surface area (Å²) in [5.74, 6) is 7.88. The second-order valence-electron chi connectivity index (χ2n) is 29.8. The number of hydrogen-bond acceptors (Lipinski definition) is 12. The van der Waals surface area contributed by atoms with Gasteiger partial charge in [-0.25, -0.2) is 4.79 Å². The molecule has 4 aromatic rings. The molecular weight excluding hydrogens is 1160 g/mol. The molecule has 4 aromatic carbocycles. The first-order valence-electron chi connectivity index (χ1n) is 36.1. The van der Waals surface area contributed by atoms with E-state index in [1.54, 1.807) is 31.9 Å². The third kappa shape index (κ3) is 14.1. The van der Waals surface area contributed by atoms with Gasteiger partial charge in [0.15, 0.2) is 25.7 Å². The van der Waals surface area contributed by atoms with Crippen molar-refractivity contribution < 1.29 is 56.9 Å². The molecule has 0 radical (unpaired) electrons. The third-order valence-corrected chi connectivity index (χ3v) is 24.4. The Bertz CT molecular complexity index is 3240. The summed E-state index contributed by atoms with van der Waals surface area (Å²) in [4.78, 5) is 12.5. The highest BCUT2D eigenvalue weighted by Gasteiger charge is 2.56. The van der Waals surface area contributed by atoms with Crippen LogP contribution in [0.2, 0.25) is 0 Å². The summed E-state index contributed by atoms with van der Waals surface area (Å²) in [5.41, 5.74) is 9.94. The van der Waals surface area contributed by atoms with E-state index in [0.717, 1.165) is 95.5 Å². The third-order valence-electron chi connectivity index (χ3n) is 24.4. The van der Waals surface area contributed by atoms with Crippen molar-refractivity contribution in [2.75, 3.05) is 47.6 Å². The number of fused-ring (bicyclic) bond motifs is 15. The molecule has 2 heterocycles. The lowest BCUT2D eigenvalue weighted by molar-refractivity contribution is -0.205. The smallest absolute Gasteiger partial charge is 0.343 e. The maximum atomic E-state index is 12.5. The first-order valence-corrected chi connectivity index (χ1v) is 36.1. The van der Waals surface area contributed by atoms with Crippen LogP contribution in [0.15, 0.2) is 121 Å². The molecule has 9 aliphatic carbocycles. The van der Waals surface area contributed by atoms with Crippen LogP contribution in [-0.4, -0.2) is 90.8 Å². The molecule has 5 fully saturated rings. The molecule has 0 amide bonds. The van der Waals surface area contributed by atoms with Crippen LogP contribution in [-0.2, 0) is 57.2 Å². The van der Waals surface area contributed by atoms with Gasteiger partial charge in [0.05, 0.1) is 30.5 Å². The summed E-state index contributed by atoms with van der Waals surface area (Å²) in [6.45, 7) is 14.6. The maximum absolute atomic E-state index is 12.5. The Labute approximate surface area is 555 Å². The highest BCUT2D eigenvalue weighted by Crippen LogP contribution is 2.63. The van der Waals surface area contributed by atoms with E-state index in [2.05, 4.69) is 113 Å². The lowest BCUT2D eigenvalue weighted by Gasteiger charge is -2.51. The van der Waals surface area contributed by atoms with Gasteiger partial charge in [-0.2, -0.15) is 0 Å². The number of carbonyl (C=O) groups is 1. The Balaban J connectivity index is 0.000000128. The molecule has 9 unspecified atom stereocenters. The minimum absolute atomic E-state index is 0.00894. The van der Waals surface area contributed by atoms with Crippen molar-refractivity contribution in [3.05, 3.63) is 160 Å². The minimum Gasteiger partial charge on any atom is -0.468 e. The number of allylic oxidation sites excluding steroid dienone is 3. The number of rotatable bonds is 18. The number of carbonyl (C=O) groups excluding carboxylic acids is 1. The van der Waals surface area contributed by atoms with Gasteiger partial charge >= 0.3 is 5.97 Å². The van der Waals surface area contributed by atoms with Gasteiger partial charge in [-0.1, -0.05) is 107 Å². The van der Waals surface area contributed by atoms with Gasteiger partial charge in [0.2, 0.25) is 0 Å². The topological polar surface area (TPSA) is 119 Å². The normalized spacial score (nSPS) is 35.0. The van der Waals surface area contributed by atoms with Crippen LogP contribution >= 0.6 is 0 Å². The molecule has 2 aliphatic heterocycles. The summed E-state index contributed by atoms with van der Waals surface area (Å²) in [6, 6.07) is 28.9. The quantitative estimate of drug-likeness (QED) is 0.0310. The largest absolute Gasteiger partial charge is 0.468 e. The zero-order valence-electron chi connectivity index (χ0n) is 56.8. The molecule has 2 saturated heterocycles. The molecule has 502 valence electrons. The van der Waals surface area contributed by atoms with Crippen LogP contribution in [0.25, 0.3) is 0 Å². The molecule has 12 nitrogen and oxygen atoms in total. The van der Waals surface area contributed by atoms with Crippen molar-refractivity contribution in [1.82, 2.24) is 0 Å². The van der Waals surface area contributed by atoms with E-state index >= 15 is 0 Å². The van der Waals surface area contributed by atoms with Gasteiger partial charge < -0.3 is 52.1 Å². The zero-order valence-corrected chi connectivity index (χ0v) is 56.8. The monoisotopic (exact) mass is 1270 g/mol. The van der Waals surface area contributed by atoms with Crippen LogP contribution in [0, 0.1) is 51.8 Å². The second kappa shape index (κ2) is 29.7. The van der Waals surface area contributed by atoms with Gasteiger partial charge in [0, 0.05) is 50.1 Å². The predicted molar refractivity (Wildman–Crippen MR) is 361 cm³/mol. The maximum Gasteiger partial charge on any atom is 0.343 e. The Morgan fingerprint density at radius 1 is 0.548 bits per heavy atom. The van der Waals surface area contributed by atoms with Gasteiger partial charge in [-0.05, 0) is 258 Å². The fourth-order valence-electron chi connectivity index (χ4n) is 19.4. The van der Waals surface area contributed by atoms with Crippen LogP contribution in [0.1, 0.15) is 205 Å². The number of ether oxygens (including phenoxy) is 11. The summed E-state index contributed by atoms with van der Waals surface area (Å²) in [6.07, 6.45) is 37.7. The molecule has 93 heavy (non-hydrogen) atoms. The Morgan fingerprint density at radius 2 is 1.05 bits per heavy atom. The predicted octanol–water partition coefficient (Wildman–Crippen LogP) is 17.5. The van der Waals surface area contributed by atoms with Crippen molar-refractivity contribution in [3.8, 4) is 17.2 Å². The SMILES string of the molecule is CCCCOC(C)O[C@H]1C=C[C@H]2[C@@H]3CCc4cc(OC(=O)c5ccccc5)ccc4[C@H]3CC[C@]12C.COCOc1ccc2c(c1)CCC1C2CC[C@@]2(C)C1C=C[C@@H]2OCOC.C[C@]12CCC3c4ccc(OC5CCCCO5)cc4CCC3C1C=C[C@@H]2OC1CCCCO1. The fraction of sp³-hybridized carbons (Fsp3) is 0.617. The van der Waals surface area contributed by atoms with Crippen molar-refractivity contribution in [2.24, 2.45) is 51.8 Å². The number of hydrogen-bond donors (Lipinski definition) is 0. The average molecular weight is 1270 g/mol. The van der Waals surface area contributed by atoms with E-state index in [9.17, 15) is 4.79 Å². The highest BCUT2D eigenvalue weighted by atomic mass is 16.7. The van der Waals surface area contributed by atoms with E-state index in [-0.39, 0.29) is 59.4 Å². The van der Waals surface area contributed by atoms with Crippen molar-refractivity contribution >= 4 is 5.97 Å². The number of methoxy groups -OCH3 is 2. The molecular formula is C81H106O12. The molecule has 15 rings (SSSR count). The number of aryl methyl sites for hydroxylation is 3. The molecule has 12 heteroatoms. The summed E-state index contributed by atoms with van der Waals surface area (Å²) < 4.78 is 64.2. The zero-order chi connectivity index (χ0) is 64.1. The van der Waals surface area contributed by atoms with Crippen molar-refractivity contribution in [3.63, 3.8) is 0 Å². The van der Waals surface area contributed by atoms with Crippen LogP contribution in [0.5, 0.6) is 17.2 Å². The van der Waals surface area contributed by atoms with Gasteiger partial charge in [0.25, 0.3) is 0 Å². The number of esters is 1. The second-order valence-corrected chi connectivity index (χ2v) is 29.8. The summed E-state index contributed by atoms with van der Waals surface area (Å²) in [7, 11) is 3.35. The number of benzene rings is 4. The van der Waals surface area contributed by atoms with Crippen molar-refractivity contribution in [1.29, 1.82) is 0 Å². The average Bonchev–Trinajstić information content (AvgIpc) is 1.71. The first-order chi connectivity index (χ1) is 45.4. The van der Waals surface area contributed by atoms with E-state index in [4.69, 9.17) is 52.1 Å². The Kier molecular flexibility index (Phi) is 21.2. The standard InChI is InChI=1S/C31H38O4.C28H38O4.C22H30O4/c1-4-5-19-33-21(2)34-29-16-15-28-27-13-11-23-20-24(35-30(32)22-9-7-6-8-10-22)12-14-25(23)26(27)17-18-31(28,29)3;1-28-15-14-22-21-11-9-20(31-26-6-2-4-16-29-26)18-19(21)8-10-23(22)24(28)12-13-25(28)32-27-7-3-5-17-30-27;1-22-11-10-18-17-7-5-16(25-13-23-2)12-15(17)4-6-19(18)20(22)8-9-21(22)26-14-24-3/h6-10,12,14-16,20-21,26-29H,4-5,11,13,17-19H2,1-3H3;9,11-13,18,22-27H,2-8,10,14-17H2,1H3;5,7-9,12,18-21H,4,6,10-11,13-14H2,1-3H3/t21?,26-,27-,28+,29+,31+;22?,23?,24?,25-,26?,27?,28-;18?,19?,20?,21-,22-/m100/s1.